The van der Waals surface area contributed by atoms with Crippen molar-refractivity contribution in [3.05, 3.63) is 35.1 Å². The first-order valence-corrected chi connectivity index (χ1v) is 6.62. The molecule has 2 fully saturated rings. The molecule has 17 heavy (non-hydrogen) atoms. The van der Waals surface area contributed by atoms with Crippen molar-refractivity contribution in [1.82, 2.24) is 5.32 Å². The predicted octanol–water partition coefficient (Wildman–Crippen LogP) is 3.44. The SMILES string of the molecule is CNC(c1cc(F)ccc1C)C1CC2CC2C1. The van der Waals surface area contributed by atoms with Crippen molar-refractivity contribution in [2.24, 2.45) is 17.8 Å². The minimum absolute atomic E-state index is 0.117. The zero-order valence-corrected chi connectivity index (χ0v) is 10.5. The number of hydrogen-bond donors (Lipinski definition) is 1. The molecule has 1 aromatic rings. The Bertz CT molecular complexity index is 419. The molecule has 2 saturated carbocycles. The minimum atomic E-state index is -0.117. The van der Waals surface area contributed by atoms with Gasteiger partial charge in [-0.1, -0.05) is 6.07 Å². The second-order valence-corrected chi connectivity index (χ2v) is 5.75. The van der Waals surface area contributed by atoms with Gasteiger partial charge in [0.25, 0.3) is 0 Å². The maximum absolute atomic E-state index is 13.4. The Labute approximate surface area is 102 Å². The smallest absolute Gasteiger partial charge is 0.123 e. The van der Waals surface area contributed by atoms with Crippen LogP contribution in [-0.4, -0.2) is 7.05 Å². The molecule has 3 atom stereocenters. The fourth-order valence-corrected chi connectivity index (χ4v) is 3.63. The molecular weight excluding hydrogens is 213 g/mol. The summed E-state index contributed by atoms with van der Waals surface area (Å²) in [6, 6.07) is 5.49. The van der Waals surface area contributed by atoms with Crippen LogP contribution in [0.5, 0.6) is 0 Å². The summed E-state index contributed by atoms with van der Waals surface area (Å²) in [4.78, 5) is 0. The summed E-state index contributed by atoms with van der Waals surface area (Å²) in [6.07, 6.45) is 4.09. The third-order valence-electron chi connectivity index (χ3n) is 4.64. The second-order valence-electron chi connectivity index (χ2n) is 5.75. The van der Waals surface area contributed by atoms with E-state index in [0.29, 0.717) is 12.0 Å². The Morgan fingerprint density at radius 3 is 2.59 bits per heavy atom. The van der Waals surface area contributed by atoms with Crippen LogP contribution in [0.4, 0.5) is 4.39 Å². The van der Waals surface area contributed by atoms with E-state index < -0.39 is 0 Å². The van der Waals surface area contributed by atoms with E-state index >= 15 is 0 Å². The summed E-state index contributed by atoms with van der Waals surface area (Å²) in [7, 11) is 2.00. The first-order chi connectivity index (χ1) is 8.19. The van der Waals surface area contributed by atoms with E-state index in [9.17, 15) is 4.39 Å². The Balaban J connectivity index is 1.86. The highest BCUT2D eigenvalue weighted by Gasteiger charge is 2.47. The number of rotatable bonds is 3. The quantitative estimate of drug-likeness (QED) is 0.843. The Morgan fingerprint density at radius 1 is 1.24 bits per heavy atom. The minimum Gasteiger partial charge on any atom is -0.313 e. The van der Waals surface area contributed by atoms with E-state index in [2.05, 4.69) is 12.2 Å². The van der Waals surface area contributed by atoms with E-state index in [1.165, 1.54) is 24.8 Å². The lowest BCUT2D eigenvalue weighted by atomic mass is 9.87. The van der Waals surface area contributed by atoms with Crippen LogP contribution in [0, 0.1) is 30.5 Å². The van der Waals surface area contributed by atoms with Crippen LogP contribution in [-0.2, 0) is 0 Å². The summed E-state index contributed by atoms with van der Waals surface area (Å²) in [6.45, 7) is 2.08. The van der Waals surface area contributed by atoms with Gasteiger partial charge in [0.15, 0.2) is 0 Å². The molecule has 0 amide bonds. The fraction of sp³-hybridized carbons (Fsp3) is 0.600. The summed E-state index contributed by atoms with van der Waals surface area (Å²) in [5.74, 6) is 2.53. The van der Waals surface area contributed by atoms with Crippen LogP contribution < -0.4 is 5.32 Å². The summed E-state index contributed by atoms with van der Waals surface area (Å²) >= 11 is 0. The molecule has 1 N–H and O–H groups in total. The third-order valence-corrected chi connectivity index (χ3v) is 4.64. The molecular formula is C15H20FN. The molecule has 2 aliphatic carbocycles. The van der Waals surface area contributed by atoms with Gasteiger partial charge in [-0.15, -0.1) is 0 Å². The number of fused-ring (bicyclic) bond motifs is 1. The average molecular weight is 233 g/mol. The molecule has 0 aromatic heterocycles. The standard InChI is InChI=1S/C15H20FN/c1-9-3-4-13(16)8-14(9)15(17-2)12-6-10-5-11(10)7-12/h3-4,8,10-12,15,17H,5-7H2,1-2H3. The van der Waals surface area contributed by atoms with Gasteiger partial charge in [0.05, 0.1) is 0 Å². The van der Waals surface area contributed by atoms with Crippen LogP contribution >= 0.6 is 0 Å². The van der Waals surface area contributed by atoms with Crippen LogP contribution in [0.25, 0.3) is 0 Å². The van der Waals surface area contributed by atoms with Crippen molar-refractivity contribution in [3.63, 3.8) is 0 Å². The van der Waals surface area contributed by atoms with Gasteiger partial charge in [0, 0.05) is 6.04 Å². The van der Waals surface area contributed by atoms with Crippen molar-refractivity contribution in [2.45, 2.75) is 32.2 Å². The lowest BCUT2D eigenvalue weighted by molar-refractivity contribution is 0.357. The van der Waals surface area contributed by atoms with Crippen LogP contribution in [0.1, 0.15) is 36.4 Å². The second kappa shape index (κ2) is 4.09. The van der Waals surface area contributed by atoms with Gasteiger partial charge in [0.2, 0.25) is 0 Å². The molecule has 2 heteroatoms. The predicted molar refractivity (Wildman–Crippen MR) is 67.3 cm³/mol. The summed E-state index contributed by atoms with van der Waals surface area (Å²) < 4.78 is 13.4. The topological polar surface area (TPSA) is 12.0 Å². The first kappa shape index (κ1) is 11.2. The van der Waals surface area contributed by atoms with Crippen LogP contribution in [0.2, 0.25) is 0 Å². The van der Waals surface area contributed by atoms with Gasteiger partial charge in [-0.3, -0.25) is 0 Å². The molecule has 92 valence electrons. The zero-order chi connectivity index (χ0) is 12.0. The molecule has 1 aromatic carbocycles. The number of halogens is 1. The highest BCUT2D eigenvalue weighted by Crippen LogP contribution is 2.57. The van der Waals surface area contributed by atoms with Crippen molar-refractivity contribution >= 4 is 0 Å². The normalized spacial score (nSPS) is 32.3. The van der Waals surface area contributed by atoms with E-state index in [4.69, 9.17) is 0 Å². The van der Waals surface area contributed by atoms with Crippen LogP contribution in [0.3, 0.4) is 0 Å². The highest BCUT2D eigenvalue weighted by molar-refractivity contribution is 5.30. The molecule has 3 unspecified atom stereocenters. The van der Waals surface area contributed by atoms with Gasteiger partial charge in [0.1, 0.15) is 5.82 Å². The molecule has 1 nitrogen and oxygen atoms in total. The Morgan fingerprint density at radius 2 is 1.94 bits per heavy atom. The molecule has 3 rings (SSSR count). The number of aryl methyl sites for hydroxylation is 1. The van der Waals surface area contributed by atoms with Crippen molar-refractivity contribution in [2.75, 3.05) is 7.05 Å². The maximum Gasteiger partial charge on any atom is 0.123 e. The van der Waals surface area contributed by atoms with Crippen molar-refractivity contribution < 1.29 is 4.39 Å². The number of nitrogens with one attached hydrogen (secondary N) is 1. The molecule has 0 radical (unpaired) electrons. The Kier molecular flexibility index (Phi) is 2.70. The number of benzene rings is 1. The van der Waals surface area contributed by atoms with Gasteiger partial charge < -0.3 is 5.32 Å². The van der Waals surface area contributed by atoms with E-state index in [0.717, 1.165) is 17.4 Å². The van der Waals surface area contributed by atoms with E-state index in [-0.39, 0.29) is 5.82 Å². The zero-order valence-electron chi connectivity index (χ0n) is 10.5. The summed E-state index contributed by atoms with van der Waals surface area (Å²) in [5, 5.41) is 3.40. The molecule has 0 saturated heterocycles. The first-order valence-electron chi connectivity index (χ1n) is 6.62. The van der Waals surface area contributed by atoms with Gasteiger partial charge in [-0.05, 0) is 74.2 Å². The molecule has 2 aliphatic rings. The average Bonchev–Trinajstić information content (AvgIpc) is 2.92. The molecule has 0 aliphatic heterocycles. The van der Waals surface area contributed by atoms with Gasteiger partial charge in [-0.2, -0.15) is 0 Å². The van der Waals surface area contributed by atoms with Crippen molar-refractivity contribution in [1.29, 1.82) is 0 Å². The van der Waals surface area contributed by atoms with Crippen LogP contribution in [0.15, 0.2) is 18.2 Å². The molecule has 0 heterocycles. The fourth-order valence-electron chi connectivity index (χ4n) is 3.63. The summed E-state index contributed by atoms with van der Waals surface area (Å²) in [5.41, 5.74) is 2.35. The maximum atomic E-state index is 13.4. The highest BCUT2D eigenvalue weighted by atomic mass is 19.1. The molecule has 0 spiro atoms. The number of hydrogen-bond acceptors (Lipinski definition) is 1. The Hall–Kier alpha value is -0.890. The van der Waals surface area contributed by atoms with Gasteiger partial charge in [-0.25, -0.2) is 4.39 Å². The van der Waals surface area contributed by atoms with E-state index in [1.807, 2.05) is 13.1 Å². The van der Waals surface area contributed by atoms with Gasteiger partial charge >= 0.3 is 0 Å². The lowest BCUT2D eigenvalue weighted by Crippen LogP contribution is -2.25. The molecule has 0 bridgehead atoms. The van der Waals surface area contributed by atoms with E-state index in [1.54, 1.807) is 12.1 Å². The van der Waals surface area contributed by atoms with Crippen molar-refractivity contribution in [3.8, 4) is 0 Å². The third kappa shape index (κ3) is 1.99. The largest absolute Gasteiger partial charge is 0.313 e. The lowest BCUT2D eigenvalue weighted by Gasteiger charge is -2.26. The monoisotopic (exact) mass is 233 g/mol.